The second kappa shape index (κ2) is 7.77. The van der Waals surface area contributed by atoms with E-state index in [1.54, 1.807) is 0 Å². The third-order valence-electron chi connectivity index (χ3n) is 4.18. The average molecular weight is 276 g/mol. The molecule has 3 nitrogen and oxygen atoms in total. The minimum absolute atomic E-state index is 0.446. The maximum absolute atomic E-state index is 5.71. The molecule has 1 aliphatic rings. The van der Waals surface area contributed by atoms with Crippen molar-refractivity contribution in [3.05, 3.63) is 35.4 Å². The second-order valence-corrected chi connectivity index (χ2v) is 6.16. The number of nitrogens with two attached hydrogens (primary N) is 1. The van der Waals surface area contributed by atoms with Gasteiger partial charge in [-0.1, -0.05) is 31.2 Å². The Hall–Kier alpha value is -0.900. The topological polar surface area (TPSA) is 38.5 Å². The van der Waals surface area contributed by atoms with Crippen molar-refractivity contribution < 1.29 is 4.74 Å². The lowest BCUT2D eigenvalue weighted by atomic mass is 9.99. The van der Waals surface area contributed by atoms with Crippen LogP contribution in [0.2, 0.25) is 0 Å². The number of ether oxygens (including phenoxy) is 1. The first-order valence-corrected chi connectivity index (χ1v) is 7.74. The van der Waals surface area contributed by atoms with Crippen LogP contribution in [-0.4, -0.2) is 38.3 Å². The zero-order chi connectivity index (χ0) is 14.4. The van der Waals surface area contributed by atoms with Crippen molar-refractivity contribution in [1.29, 1.82) is 0 Å². The van der Waals surface area contributed by atoms with Crippen molar-refractivity contribution in [2.75, 3.05) is 33.4 Å². The molecule has 0 bridgehead atoms. The fourth-order valence-electron chi connectivity index (χ4n) is 2.86. The van der Waals surface area contributed by atoms with Gasteiger partial charge in [-0.25, -0.2) is 0 Å². The van der Waals surface area contributed by atoms with E-state index in [0.717, 1.165) is 26.3 Å². The van der Waals surface area contributed by atoms with Gasteiger partial charge in [-0.2, -0.15) is 0 Å². The lowest BCUT2D eigenvalue weighted by Gasteiger charge is -2.27. The number of rotatable bonds is 6. The van der Waals surface area contributed by atoms with Crippen LogP contribution >= 0.6 is 0 Å². The molecular formula is C17H28N2O. The highest BCUT2D eigenvalue weighted by Gasteiger charge is 2.15. The van der Waals surface area contributed by atoms with E-state index in [4.69, 9.17) is 10.5 Å². The van der Waals surface area contributed by atoms with E-state index in [0.29, 0.717) is 18.4 Å². The summed E-state index contributed by atoms with van der Waals surface area (Å²) in [5, 5.41) is 0. The highest BCUT2D eigenvalue weighted by molar-refractivity contribution is 5.25. The molecule has 1 saturated heterocycles. The Morgan fingerprint density at radius 3 is 2.70 bits per heavy atom. The smallest absolute Gasteiger partial charge is 0.0506 e. The Bertz CT molecular complexity index is 384. The van der Waals surface area contributed by atoms with Crippen LogP contribution in [0.3, 0.4) is 0 Å². The molecule has 2 N–H and O–H groups in total. The summed E-state index contributed by atoms with van der Waals surface area (Å²) in [6.45, 7) is 6.89. The van der Waals surface area contributed by atoms with E-state index in [9.17, 15) is 0 Å². The molecule has 0 radical (unpaired) electrons. The van der Waals surface area contributed by atoms with Gasteiger partial charge in [0.2, 0.25) is 0 Å². The van der Waals surface area contributed by atoms with Crippen LogP contribution in [0, 0.1) is 5.92 Å². The first kappa shape index (κ1) is 15.5. The number of hydrogen-bond donors (Lipinski definition) is 1. The van der Waals surface area contributed by atoms with Crippen LogP contribution in [0.25, 0.3) is 0 Å². The van der Waals surface area contributed by atoms with Crippen molar-refractivity contribution in [1.82, 2.24) is 4.90 Å². The van der Waals surface area contributed by atoms with Gasteiger partial charge in [-0.05, 0) is 49.4 Å². The summed E-state index contributed by atoms with van der Waals surface area (Å²) in [6.07, 6.45) is 2.52. The van der Waals surface area contributed by atoms with E-state index >= 15 is 0 Å². The normalized spacial score (nSPS) is 21.1. The Morgan fingerprint density at radius 2 is 2.10 bits per heavy atom. The Balaban J connectivity index is 1.82. The van der Waals surface area contributed by atoms with Crippen LogP contribution in [0.5, 0.6) is 0 Å². The van der Waals surface area contributed by atoms with Crippen LogP contribution in [-0.2, 0) is 11.3 Å². The molecule has 2 atom stereocenters. The average Bonchev–Trinajstić information content (AvgIpc) is 2.48. The molecule has 0 spiro atoms. The van der Waals surface area contributed by atoms with Gasteiger partial charge in [-0.15, -0.1) is 0 Å². The molecule has 0 aliphatic carbocycles. The van der Waals surface area contributed by atoms with Gasteiger partial charge in [0.15, 0.2) is 0 Å². The van der Waals surface area contributed by atoms with E-state index in [-0.39, 0.29) is 0 Å². The van der Waals surface area contributed by atoms with Crippen molar-refractivity contribution in [2.24, 2.45) is 11.7 Å². The zero-order valence-corrected chi connectivity index (χ0v) is 12.8. The van der Waals surface area contributed by atoms with Crippen molar-refractivity contribution in [2.45, 2.75) is 32.2 Å². The lowest BCUT2D eigenvalue weighted by Crippen LogP contribution is -2.30. The van der Waals surface area contributed by atoms with E-state index in [1.165, 1.54) is 24.0 Å². The van der Waals surface area contributed by atoms with Gasteiger partial charge < -0.3 is 15.4 Å². The zero-order valence-electron chi connectivity index (χ0n) is 12.8. The minimum atomic E-state index is 0.446. The molecule has 3 heteroatoms. The molecule has 0 amide bonds. The molecule has 20 heavy (non-hydrogen) atoms. The van der Waals surface area contributed by atoms with Gasteiger partial charge >= 0.3 is 0 Å². The fourth-order valence-corrected chi connectivity index (χ4v) is 2.86. The molecule has 1 aliphatic heterocycles. The van der Waals surface area contributed by atoms with Gasteiger partial charge in [0.1, 0.15) is 0 Å². The molecule has 2 rings (SSSR count). The monoisotopic (exact) mass is 276 g/mol. The number of nitrogens with zero attached hydrogens (tertiary/aromatic N) is 1. The SMILES string of the molecule is CC(CN)c1ccc(CN(C)CC2CCCOC2)cc1. The third-order valence-corrected chi connectivity index (χ3v) is 4.18. The first-order chi connectivity index (χ1) is 9.69. The fraction of sp³-hybridized carbons (Fsp3) is 0.647. The standard InChI is InChI=1S/C17H28N2O/c1-14(10-18)17-7-5-15(6-8-17)11-19(2)12-16-4-3-9-20-13-16/h5-8,14,16H,3-4,9-13,18H2,1-2H3. The third kappa shape index (κ3) is 4.58. The molecule has 0 saturated carbocycles. The molecule has 1 aromatic carbocycles. The summed E-state index contributed by atoms with van der Waals surface area (Å²) < 4.78 is 5.55. The maximum Gasteiger partial charge on any atom is 0.0506 e. The minimum Gasteiger partial charge on any atom is -0.381 e. The van der Waals surface area contributed by atoms with Gasteiger partial charge in [0.25, 0.3) is 0 Å². The second-order valence-electron chi connectivity index (χ2n) is 6.16. The number of hydrogen-bond acceptors (Lipinski definition) is 3. The summed E-state index contributed by atoms with van der Waals surface area (Å²) in [5.74, 6) is 1.14. The lowest BCUT2D eigenvalue weighted by molar-refractivity contribution is 0.0411. The highest BCUT2D eigenvalue weighted by Crippen LogP contribution is 2.17. The van der Waals surface area contributed by atoms with Gasteiger partial charge in [-0.3, -0.25) is 0 Å². The maximum atomic E-state index is 5.71. The van der Waals surface area contributed by atoms with Crippen molar-refractivity contribution in [3.63, 3.8) is 0 Å². The van der Waals surface area contributed by atoms with Crippen molar-refractivity contribution in [3.8, 4) is 0 Å². The Morgan fingerprint density at radius 1 is 1.35 bits per heavy atom. The van der Waals surface area contributed by atoms with Gasteiger partial charge in [0, 0.05) is 19.7 Å². The summed E-state index contributed by atoms with van der Waals surface area (Å²) in [4.78, 5) is 2.40. The van der Waals surface area contributed by atoms with Crippen molar-refractivity contribution >= 4 is 0 Å². The molecule has 112 valence electrons. The van der Waals surface area contributed by atoms with Crippen LogP contribution in [0.15, 0.2) is 24.3 Å². The first-order valence-electron chi connectivity index (χ1n) is 7.74. The molecule has 2 unspecified atom stereocenters. The van der Waals surface area contributed by atoms with Gasteiger partial charge in [0.05, 0.1) is 6.61 Å². The predicted molar refractivity (Wildman–Crippen MR) is 83.8 cm³/mol. The highest BCUT2D eigenvalue weighted by atomic mass is 16.5. The van der Waals surface area contributed by atoms with Crippen LogP contribution < -0.4 is 5.73 Å². The summed E-state index contributed by atoms with van der Waals surface area (Å²) in [6, 6.07) is 8.89. The van der Waals surface area contributed by atoms with Crippen LogP contribution in [0.4, 0.5) is 0 Å². The molecule has 1 aromatic rings. The molecular weight excluding hydrogens is 248 g/mol. The molecule has 1 heterocycles. The van der Waals surface area contributed by atoms with E-state index in [2.05, 4.69) is 43.1 Å². The number of benzene rings is 1. The Labute approximate surface area is 123 Å². The van der Waals surface area contributed by atoms with E-state index in [1.807, 2.05) is 0 Å². The predicted octanol–water partition coefficient (Wildman–Crippen LogP) is 2.61. The summed E-state index contributed by atoms with van der Waals surface area (Å²) in [5.41, 5.74) is 8.41. The van der Waals surface area contributed by atoms with Crippen LogP contribution in [0.1, 0.15) is 36.8 Å². The summed E-state index contributed by atoms with van der Waals surface area (Å²) in [7, 11) is 2.20. The Kier molecular flexibility index (Phi) is 6.02. The quantitative estimate of drug-likeness (QED) is 0.868. The molecule has 0 aromatic heterocycles. The van der Waals surface area contributed by atoms with E-state index < -0.39 is 0 Å². The molecule has 1 fully saturated rings. The largest absolute Gasteiger partial charge is 0.381 e. The summed E-state index contributed by atoms with van der Waals surface area (Å²) >= 11 is 0.